The second-order valence-corrected chi connectivity index (χ2v) is 8.75. The minimum absolute atomic E-state index is 0.00507. The Morgan fingerprint density at radius 3 is 2.74 bits per heavy atom. The zero-order valence-electron chi connectivity index (χ0n) is 17.8. The van der Waals surface area contributed by atoms with Gasteiger partial charge in [-0.3, -0.25) is 9.59 Å². The van der Waals surface area contributed by atoms with Gasteiger partial charge in [0.2, 0.25) is 0 Å². The lowest BCUT2D eigenvalue weighted by molar-refractivity contribution is -0.137. The van der Waals surface area contributed by atoms with E-state index in [-0.39, 0.29) is 36.7 Å². The van der Waals surface area contributed by atoms with Gasteiger partial charge in [-0.2, -0.15) is 0 Å². The summed E-state index contributed by atoms with van der Waals surface area (Å²) in [5, 5.41) is 12.1. The van der Waals surface area contributed by atoms with E-state index in [1.54, 1.807) is 6.07 Å². The normalized spacial score (nSPS) is 16.3. The summed E-state index contributed by atoms with van der Waals surface area (Å²) in [6.07, 6.45) is 4.19. The molecule has 0 bridgehead atoms. The molecule has 8 nitrogen and oxygen atoms in total. The van der Waals surface area contributed by atoms with Crippen molar-refractivity contribution in [2.24, 2.45) is 0 Å². The monoisotopic (exact) mass is 429 g/mol. The van der Waals surface area contributed by atoms with Crippen molar-refractivity contribution in [3.05, 3.63) is 33.2 Å². The van der Waals surface area contributed by atoms with E-state index in [0.717, 1.165) is 42.2 Å². The van der Waals surface area contributed by atoms with Gasteiger partial charge in [0.1, 0.15) is 22.7 Å². The first-order chi connectivity index (χ1) is 14.7. The number of fused-ring (bicyclic) bond motifs is 5. The summed E-state index contributed by atoms with van der Waals surface area (Å²) >= 11 is 0. The lowest BCUT2D eigenvalue weighted by Crippen LogP contribution is -2.33. The predicted molar refractivity (Wildman–Crippen MR) is 113 cm³/mol. The average molecular weight is 429 g/mol. The molecular weight excluding hydrogens is 402 g/mol. The molecule has 0 spiro atoms. The van der Waals surface area contributed by atoms with Crippen molar-refractivity contribution in [1.29, 1.82) is 0 Å². The number of hydrogen-bond donors (Lipinski definition) is 2. The van der Waals surface area contributed by atoms with Crippen LogP contribution in [0.4, 0.5) is 0 Å². The topological polar surface area (TPSA) is 115 Å². The molecule has 0 saturated heterocycles. The molecule has 1 aliphatic heterocycles. The Bertz CT molecular complexity index is 1100. The number of rotatable bonds is 7. The summed E-state index contributed by atoms with van der Waals surface area (Å²) in [4.78, 5) is 35.3. The number of ether oxygens (including phenoxy) is 2. The molecule has 1 aliphatic carbocycles. The second kappa shape index (κ2) is 8.24. The molecule has 0 fully saturated rings. The van der Waals surface area contributed by atoms with Gasteiger partial charge in [0.05, 0.1) is 5.39 Å². The Balaban J connectivity index is 1.64. The summed E-state index contributed by atoms with van der Waals surface area (Å²) in [7, 11) is 0. The third-order valence-electron chi connectivity index (χ3n) is 5.88. The molecule has 2 aliphatic rings. The van der Waals surface area contributed by atoms with E-state index in [1.165, 1.54) is 0 Å². The van der Waals surface area contributed by atoms with Crippen molar-refractivity contribution in [3.8, 4) is 11.5 Å². The first-order valence-corrected chi connectivity index (χ1v) is 10.7. The van der Waals surface area contributed by atoms with E-state index in [2.05, 4.69) is 5.32 Å². The van der Waals surface area contributed by atoms with E-state index in [1.807, 2.05) is 13.8 Å². The number of carboxylic acids is 1. The van der Waals surface area contributed by atoms with Crippen LogP contribution in [0.2, 0.25) is 0 Å². The number of hydrogen-bond acceptors (Lipinski definition) is 6. The van der Waals surface area contributed by atoms with Crippen LogP contribution in [0, 0.1) is 0 Å². The first-order valence-electron chi connectivity index (χ1n) is 10.7. The number of nitrogens with one attached hydrogen (secondary N) is 1. The number of aliphatic carboxylic acids is 1. The highest BCUT2D eigenvalue weighted by Crippen LogP contribution is 2.44. The lowest BCUT2D eigenvalue weighted by Gasteiger charge is -2.33. The minimum atomic E-state index is -0.899. The fourth-order valence-electron chi connectivity index (χ4n) is 4.33. The number of carbonyl (C=O) groups excluding carboxylic acids is 1. The van der Waals surface area contributed by atoms with Gasteiger partial charge in [-0.1, -0.05) is 0 Å². The molecule has 1 aromatic heterocycles. The minimum Gasteiger partial charge on any atom is -0.487 e. The molecule has 1 amide bonds. The maximum atomic E-state index is 12.6. The van der Waals surface area contributed by atoms with Crippen LogP contribution in [-0.2, 0) is 28.9 Å². The molecule has 31 heavy (non-hydrogen) atoms. The fourth-order valence-corrected chi connectivity index (χ4v) is 4.33. The SMILES string of the molecule is CC1(C)CCc2c(cc(OCC(=O)NCCCC(=O)O)c3c4c(c(=O)oc23)CCC4)O1. The standard InChI is InChI=1S/C23H27NO7/c1-23(2)9-8-15-16(31-23)11-17(29-12-18(25)24-10-4-7-19(26)27)20-13-5-3-6-14(13)22(28)30-21(15)20/h11H,3-10,12H2,1-2H3,(H,24,25)(H,26,27). The van der Waals surface area contributed by atoms with Crippen molar-refractivity contribution in [2.45, 2.75) is 64.4 Å². The van der Waals surface area contributed by atoms with Gasteiger partial charge in [0.25, 0.3) is 5.91 Å². The molecule has 0 atom stereocenters. The number of carbonyl (C=O) groups is 2. The van der Waals surface area contributed by atoms with Gasteiger partial charge in [-0.25, -0.2) is 4.79 Å². The summed E-state index contributed by atoms with van der Waals surface area (Å²) in [5.74, 6) is -0.161. The van der Waals surface area contributed by atoms with Crippen molar-refractivity contribution in [1.82, 2.24) is 5.32 Å². The summed E-state index contributed by atoms with van der Waals surface area (Å²) in [6, 6.07) is 1.80. The molecule has 2 heterocycles. The molecule has 8 heteroatoms. The van der Waals surface area contributed by atoms with Crippen LogP contribution < -0.4 is 20.4 Å². The summed E-state index contributed by atoms with van der Waals surface area (Å²) in [5.41, 5.74) is 2.34. The maximum Gasteiger partial charge on any atom is 0.339 e. The highest BCUT2D eigenvalue weighted by Gasteiger charge is 2.32. The number of benzene rings is 1. The molecular formula is C23H27NO7. The zero-order chi connectivity index (χ0) is 22.2. The lowest BCUT2D eigenvalue weighted by atomic mass is 9.91. The van der Waals surface area contributed by atoms with Crippen LogP contribution in [0.5, 0.6) is 11.5 Å². The Morgan fingerprint density at radius 2 is 1.97 bits per heavy atom. The first kappa shape index (κ1) is 21.2. The van der Waals surface area contributed by atoms with Crippen LogP contribution in [-0.4, -0.2) is 35.7 Å². The van der Waals surface area contributed by atoms with Crippen LogP contribution in [0.1, 0.15) is 56.2 Å². The van der Waals surface area contributed by atoms with Gasteiger partial charge >= 0.3 is 11.6 Å². The van der Waals surface area contributed by atoms with Crippen molar-refractivity contribution >= 4 is 22.8 Å². The quantitative estimate of drug-likeness (QED) is 0.514. The van der Waals surface area contributed by atoms with Crippen molar-refractivity contribution in [2.75, 3.05) is 13.2 Å². The third kappa shape index (κ3) is 4.38. The molecule has 0 radical (unpaired) electrons. The highest BCUT2D eigenvalue weighted by molar-refractivity contribution is 5.93. The van der Waals surface area contributed by atoms with Gasteiger partial charge in [-0.15, -0.1) is 0 Å². The van der Waals surface area contributed by atoms with E-state index in [9.17, 15) is 14.4 Å². The van der Waals surface area contributed by atoms with Gasteiger partial charge in [-0.05, 0) is 57.9 Å². The summed E-state index contributed by atoms with van der Waals surface area (Å²) in [6.45, 7) is 4.05. The predicted octanol–water partition coefficient (Wildman–Crippen LogP) is 2.75. The Morgan fingerprint density at radius 1 is 1.19 bits per heavy atom. The third-order valence-corrected chi connectivity index (χ3v) is 5.88. The molecule has 4 rings (SSSR count). The Labute approximate surface area is 179 Å². The number of carboxylic acid groups (broad SMARTS) is 1. The van der Waals surface area contributed by atoms with Gasteiger partial charge in [0.15, 0.2) is 6.61 Å². The molecule has 0 unspecified atom stereocenters. The fraction of sp³-hybridized carbons (Fsp3) is 0.522. The van der Waals surface area contributed by atoms with E-state index in [0.29, 0.717) is 35.5 Å². The van der Waals surface area contributed by atoms with Crippen molar-refractivity contribution < 1.29 is 28.6 Å². The summed E-state index contributed by atoms with van der Waals surface area (Å²) < 4.78 is 17.8. The Kier molecular flexibility index (Phi) is 5.64. The number of amides is 1. The molecule has 0 saturated carbocycles. The number of aryl methyl sites for hydroxylation is 2. The van der Waals surface area contributed by atoms with Crippen LogP contribution in [0.3, 0.4) is 0 Å². The van der Waals surface area contributed by atoms with Gasteiger partial charge in [0, 0.05) is 30.2 Å². The van der Waals surface area contributed by atoms with Crippen LogP contribution in [0.15, 0.2) is 15.3 Å². The average Bonchev–Trinajstić information content (AvgIpc) is 3.19. The largest absolute Gasteiger partial charge is 0.487 e. The van der Waals surface area contributed by atoms with Crippen molar-refractivity contribution in [3.63, 3.8) is 0 Å². The Hall–Kier alpha value is -3.03. The molecule has 166 valence electrons. The van der Waals surface area contributed by atoms with Crippen LogP contribution in [0.25, 0.3) is 11.0 Å². The molecule has 2 aromatic rings. The van der Waals surface area contributed by atoms with E-state index < -0.39 is 5.97 Å². The second-order valence-electron chi connectivity index (χ2n) is 8.75. The smallest absolute Gasteiger partial charge is 0.339 e. The molecule has 1 aromatic carbocycles. The molecule has 2 N–H and O–H groups in total. The maximum absolute atomic E-state index is 12.6. The highest BCUT2D eigenvalue weighted by atomic mass is 16.5. The van der Waals surface area contributed by atoms with E-state index >= 15 is 0 Å². The zero-order valence-corrected chi connectivity index (χ0v) is 17.8. The van der Waals surface area contributed by atoms with Crippen LogP contribution >= 0.6 is 0 Å². The van der Waals surface area contributed by atoms with Gasteiger partial charge < -0.3 is 24.3 Å². The van der Waals surface area contributed by atoms with E-state index in [4.69, 9.17) is 19.0 Å².